The van der Waals surface area contributed by atoms with Gasteiger partial charge in [0.05, 0.1) is 32.9 Å². The second kappa shape index (κ2) is 9.05. The summed E-state index contributed by atoms with van der Waals surface area (Å²) in [5.74, 6) is 0.967. The van der Waals surface area contributed by atoms with Crippen LogP contribution in [-0.2, 0) is 16.1 Å². The van der Waals surface area contributed by atoms with Crippen LogP contribution in [0, 0.1) is 0 Å². The normalized spacial score (nSPS) is 17.2. The van der Waals surface area contributed by atoms with Crippen molar-refractivity contribution in [3.8, 4) is 5.75 Å². The number of rotatable bonds is 7. The van der Waals surface area contributed by atoms with Gasteiger partial charge in [-0.3, -0.25) is 4.79 Å². The number of ether oxygens (including phenoxy) is 2. The predicted octanol–water partition coefficient (Wildman–Crippen LogP) is 3.40. The third-order valence-corrected chi connectivity index (χ3v) is 5.50. The van der Waals surface area contributed by atoms with Gasteiger partial charge in [0.15, 0.2) is 0 Å². The molecule has 0 spiro atoms. The molecule has 1 aromatic heterocycles. The first kappa shape index (κ1) is 18.7. The summed E-state index contributed by atoms with van der Waals surface area (Å²) in [5, 5.41) is 2.07. The quantitative estimate of drug-likeness (QED) is 0.745. The SMILES string of the molecule is CCC1CN(C(=O)CN(Cc2cccs2)c2ccc(OC)cc2)CCO1. The summed E-state index contributed by atoms with van der Waals surface area (Å²) in [5.41, 5.74) is 1.02. The maximum Gasteiger partial charge on any atom is 0.242 e. The van der Waals surface area contributed by atoms with Crippen LogP contribution >= 0.6 is 11.3 Å². The predicted molar refractivity (Wildman–Crippen MR) is 105 cm³/mol. The number of thiophene rings is 1. The molecule has 1 amide bonds. The van der Waals surface area contributed by atoms with Crippen molar-refractivity contribution in [2.75, 3.05) is 38.3 Å². The van der Waals surface area contributed by atoms with Crippen molar-refractivity contribution in [1.29, 1.82) is 0 Å². The van der Waals surface area contributed by atoms with E-state index in [2.05, 4.69) is 23.3 Å². The molecule has 1 fully saturated rings. The van der Waals surface area contributed by atoms with Crippen LogP contribution < -0.4 is 9.64 Å². The topological polar surface area (TPSA) is 42.0 Å². The zero-order valence-corrected chi connectivity index (χ0v) is 16.2. The van der Waals surface area contributed by atoms with E-state index in [0.29, 0.717) is 26.2 Å². The Hall–Kier alpha value is -2.05. The van der Waals surface area contributed by atoms with E-state index in [-0.39, 0.29) is 12.0 Å². The maximum atomic E-state index is 12.9. The van der Waals surface area contributed by atoms with Gasteiger partial charge in [0.1, 0.15) is 5.75 Å². The van der Waals surface area contributed by atoms with Crippen LogP contribution in [0.4, 0.5) is 5.69 Å². The lowest BCUT2D eigenvalue weighted by Crippen LogP contribution is -2.48. The van der Waals surface area contributed by atoms with E-state index in [9.17, 15) is 4.79 Å². The Morgan fingerprint density at radius 1 is 1.35 bits per heavy atom. The molecule has 0 bridgehead atoms. The molecule has 1 saturated heterocycles. The summed E-state index contributed by atoms with van der Waals surface area (Å²) in [6.45, 7) is 5.16. The van der Waals surface area contributed by atoms with Crippen LogP contribution in [-0.4, -0.2) is 50.3 Å². The smallest absolute Gasteiger partial charge is 0.242 e. The van der Waals surface area contributed by atoms with Crippen LogP contribution in [0.3, 0.4) is 0 Å². The van der Waals surface area contributed by atoms with Crippen LogP contribution in [0.2, 0.25) is 0 Å². The Kier molecular flexibility index (Phi) is 6.52. The summed E-state index contributed by atoms with van der Waals surface area (Å²) >= 11 is 1.71. The maximum absolute atomic E-state index is 12.9. The molecule has 26 heavy (non-hydrogen) atoms. The molecular formula is C20H26N2O3S. The number of carbonyl (C=O) groups is 1. The molecule has 1 aliphatic heterocycles. The third-order valence-electron chi connectivity index (χ3n) is 4.64. The Labute approximate surface area is 159 Å². The van der Waals surface area contributed by atoms with Gasteiger partial charge >= 0.3 is 0 Å². The lowest BCUT2D eigenvalue weighted by Gasteiger charge is -2.34. The molecular weight excluding hydrogens is 348 g/mol. The summed E-state index contributed by atoms with van der Waals surface area (Å²) in [4.78, 5) is 18.2. The number of anilines is 1. The molecule has 3 rings (SSSR count). The standard InChI is InChI=1S/C20H26N2O3S/c1-3-17-13-21(10-11-25-17)20(23)15-22(14-19-5-4-12-26-19)16-6-8-18(24-2)9-7-16/h4-9,12,17H,3,10-11,13-15H2,1-2H3. The Morgan fingerprint density at radius 2 is 2.15 bits per heavy atom. The van der Waals surface area contributed by atoms with E-state index in [4.69, 9.17) is 9.47 Å². The number of carbonyl (C=O) groups excluding carboxylic acids is 1. The van der Waals surface area contributed by atoms with E-state index >= 15 is 0 Å². The number of hydrogen-bond donors (Lipinski definition) is 0. The zero-order chi connectivity index (χ0) is 18.4. The molecule has 1 aromatic carbocycles. The van der Waals surface area contributed by atoms with Gasteiger partial charge in [-0.05, 0) is 42.1 Å². The van der Waals surface area contributed by atoms with Crippen molar-refractivity contribution in [2.45, 2.75) is 26.0 Å². The van der Waals surface area contributed by atoms with Gasteiger partial charge in [0.2, 0.25) is 5.91 Å². The number of hydrogen-bond acceptors (Lipinski definition) is 5. The minimum Gasteiger partial charge on any atom is -0.497 e. The highest BCUT2D eigenvalue weighted by Gasteiger charge is 2.24. The monoisotopic (exact) mass is 374 g/mol. The molecule has 1 atom stereocenters. The average Bonchev–Trinajstić information content (AvgIpc) is 3.20. The Balaban J connectivity index is 1.73. The minimum absolute atomic E-state index is 0.152. The first-order chi connectivity index (χ1) is 12.7. The van der Waals surface area contributed by atoms with E-state index in [1.165, 1.54) is 4.88 Å². The molecule has 0 radical (unpaired) electrons. The van der Waals surface area contributed by atoms with Crippen molar-refractivity contribution >= 4 is 22.9 Å². The van der Waals surface area contributed by atoms with E-state index in [1.54, 1.807) is 18.4 Å². The number of benzene rings is 1. The second-order valence-corrected chi connectivity index (χ2v) is 7.41. The fourth-order valence-corrected chi connectivity index (χ4v) is 3.80. The second-order valence-electron chi connectivity index (χ2n) is 6.37. The van der Waals surface area contributed by atoms with Crippen LogP contribution in [0.5, 0.6) is 5.75 Å². The molecule has 5 nitrogen and oxygen atoms in total. The van der Waals surface area contributed by atoms with Gasteiger partial charge in [0, 0.05) is 23.7 Å². The summed E-state index contributed by atoms with van der Waals surface area (Å²) in [6.07, 6.45) is 1.08. The van der Waals surface area contributed by atoms with Crippen molar-refractivity contribution < 1.29 is 14.3 Å². The van der Waals surface area contributed by atoms with Gasteiger partial charge in [0.25, 0.3) is 0 Å². The lowest BCUT2D eigenvalue weighted by atomic mass is 10.2. The first-order valence-electron chi connectivity index (χ1n) is 9.00. The van der Waals surface area contributed by atoms with E-state index < -0.39 is 0 Å². The molecule has 0 saturated carbocycles. The van der Waals surface area contributed by atoms with Gasteiger partial charge in [-0.15, -0.1) is 11.3 Å². The number of morpholine rings is 1. The molecule has 140 valence electrons. The fourth-order valence-electron chi connectivity index (χ4n) is 3.08. The highest BCUT2D eigenvalue weighted by Crippen LogP contribution is 2.23. The number of nitrogens with zero attached hydrogens (tertiary/aromatic N) is 2. The highest BCUT2D eigenvalue weighted by molar-refractivity contribution is 7.09. The van der Waals surface area contributed by atoms with Gasteiger partial charge in [-0.25, -0.2) is 0 Å². The molecule has 0 N–H and O–H groups in total. The van der Waals surface area contributed by atoms with Crippen molar-refractivity contribution in [3.63, 3.8) is 0 Å². The number of amides is 1. The van der Waals surface area contributed by atoms with Crippen LogP contribution in [0.25, 0.3) is 0 Å². The van der Waals surface area contributed by atoms with Gasteiger partial charge in [-0.2, -0.15) is 0 Å². The summed E-state index contributed by atoms with van der Waals surface area (Å²) in [7, 11) is 1.66. The Morgan fingerprint density at radius 3 is 2.81 bits per heavy atom. The summed E-state index contributed by atoms with van der Waals surface area (Å²) in [6, 6.07) is 12.0. The van der Waals surface area contributed by atoms with E-state index in [1.807, 2.05) is 35.2 Å². The lowest BCUT2D eigenvalue weighted by molar-refractivity contribution is -0.137. The van der Waals surface area contributed by atoms with E-state index in [0.717, 1.165) is 24.4 Å². The van der Waals surface area contributed by atoms with Crippen molar-refractivity contribution in [1.82, 2.24) is 4.90 Å². The van der Waals surface area contributed by atoms with Gasteiger partial charge in [-0.1, -0.05) is 13.0 Å². The number of methoxy groups -OCH3 is 1. The Bertz CT molecular complexity index is 688. The highest BCUT2D eigenvalue weighted by atomic mass is 32.1. The minimum atomic E-state index is 0.152. The van der Waals surface area contributed by atoms with Crippen molar-refractivity contribution in [2.24, 2.45) is 0 Å². The summed E-state index contributed by atoms with van der Waals surface area (Å²) < 4.78 is 10.9. The third kappa shape index (κ3) is 4.77. The zero-order valence-electron chi connectivity index (χ0n) is 15.4. The molecule has 1 aliphatic rings. The molecule has 6 heteroatoms. The van der Waals surface area contributed by atoms with Crippen molar-refractivity contribution in [3.05, 3.63) is 46.7 Å². The van der Waals surface area contributed by atoms with Crippen LogP contribution in [0.1, 0.15) is 18.2 Å². The average molecular weight is 375 g/mol. The molecule has 2 heterocycles. The van der Waals surface area contributed by atoms with Gasteiger partial charge < -0.3 is 19.3 Å². The fraction of sp³-hybridized carbons (Fsp3) is 0.450. The largest absolute Gasteiger partial charge is 0.497 e. The molecule has 0 aliphatic carbocycles. The molecule has 2 aromatic rings. The first-order valence-corrected chi connectivity index (χ1v) is 9.88. The van der Waals surface area contributed by atoms with Crippen LogP contribution in [0.15, 0.2) is 41.8 Å². The molecule has 1 unspecified atom stereocenters.